The summed E-state index contributed by atoms with van der Waals surface area (Å²) in [4.78, 5) is 14.7. The predicted octanol–water partition coefficient (Wildman–Crippen LogP) is 3.29. The van der Waals surface area contributed by atoms with E-state index in [0.717, 1.165) is 47.7 Å². The maximum Gasteiger partial charge on any atom is 0.255 e. The summed E-state index contributed by atoms with van der Waals surface area (Å²) in [7, 11) is 0. The number of H-pyrrole nitrogens is 1. The molecule has 0 saturated heterocycles. The summed E-state index contributed by atoms with van der Waals surface area (Å²) >= 11 is 0. The van der Waals surface area contributed by atoms with Crippen molar-refractivity contribution >= 4 is 28.9 Å². The highest BCUT2D eigenvalue weighted by molar-refractivity contribution is 5.95. The SMILES string of the molecule is Cc1c[nH]c(=O)c2cccc(NC3(N)CCCCC3)c12.Cl. The van der Waals surface area contributed by atoms with Gasteiger partial charge in [-0.1, -0.05) is 12.5 Å². The Morgan fingerprint density at radius 3 is 2.67 bits per heavy atom. The third kappa shape index (κ3) is 3.06. The molecule has 2 aromatic rings. The minimum atomic E-state index is -0.346. The molecule has 1 saturated carbocycles. The van der Waals surface area contributed by atoms with Crippen LogP contribution in [-0.4, -0.2) is 10.6 Å². The number of pyridine rings is 1. The summed E-state index contributed by atoms with van der Waals surface area (Å²) < 4.78 is 0. The number of benzene rings is 1. The molecule has 1 aliphatic carbocycles. The number of anilines is 1. The van der Waals surface area contributed by atoms with Gasteiger partial charge in [0, 0.05) is 22.7 Å². The first-order valence-electron chi connectivity index (χ1n) is 7.27. The average Bonchev–Trinajstić information content (AvgIpc) is 2.43. The van der Waals surface area contributed by atoms with Crippen molar-refractivity contribution in [3.05, 3.63) is 40.3 Å². The zero-order valence-electron chi connectivity index (χ0n) is 12.2. The van der Waals surface area contributed by atoms with Gasteiger partial charge in [0.2, 0.25) is 0 Å². The lowest BCUT2D eigenvalue weighted by Crippen LogP contribution is -2.49. The second-order valence-electron chi connectivity index (χ2n) is 5.87. The van der Waals surface area contributed by atoms with Crippen molar-refractivity contribution in [3.8, 4) is 0 Å². The number of aromatic amines is 1. The number of hydrogen-bond donors (Lipinski definition) is 3. The zero-order chi connectivity index (χ0) is 14.2. The van der Waals surface area contributed by atoms with E-state index in [-0.39, 0.29) is 23.6 Å². The van der Waals surface area contributed by atoms with Crippen LogP contribution in [0.15, 0.2) is 29.2 Å². The Labute approximate surface area is 130 Å². The standard InChI is InChI=1S/C16H21N3O.ClH/c1-11-10-18-15(20)12-6-5-7-13(14(11)12)19-16(17)8-3-2-4-9-16;/h5-7,10,19H,2-4,8-9,17H2,1H3,(H,18,20);1H. The van der Waals surface area contributed by atoms with Gasteiger partial charge in [-0.15, -0.1) is 12.4 Å². The van der Waals surface area contributed by atoms with Crippen LogP contribution in [0.5, 0.6) is 0 Å². The zero-order valence-corrected chi connectivity index (χ0v) is 13.1. The summed E-state index contributed by atoms with van der Waals surface area (Å²) in [6.45, 7) is 2.01. The fourth-order valence-electron chi connectivity index (χ4n) is 3.17. The lowest BCUT2D eigenvalue weighted by Gasteiger charge is -2.35. The van der Waals surface area contributed by atoms with Gasteiger partial charge in [-0.25, -0.2) is 0 Å². The molecule has 3 rings (SSSR count). The normalized spacial score (nSPS) is 17.2. The van der Waals surface area contributed by atoms with Crippen LogP contribution in [0.1, 0.15) is 37.7 Å². The Hall–Kier alpha value is -1.52. The van der Waals surface area contributed by atoms with Crippen molar-refractivity contribution in [3.63, 3.8) is 0 Å². The van der Waals surface area contributed by atoms with Gasteiger partial charge in [-0.3, -0.25) is 4.79 Å². The van der Waals surface area contributed by atoms with Crippen LogP contribution in [0, 0.1) is 6.92 Å². The average molecular weight is 308 g/mol. The molecule has 1 aliphatic rings. The Balaban J connectivity index is 0.00000161. The molecule has 4 nitrogen and oxygen atoms in total. The Morgan fingerprint density at radius 2 is 1.95 bits per heavy atom. The largest absolute Gasteiger partial charge is 0.367 e. The van der Waals surface area contributed by atoms with Crippen LogP contribution < -0.4 is 16.6 Å². The number of aromatic nitrogens is 1. The maximum atomic E-state index is 11.9. The molecule has 5 heteroatoms. The maximum absolute atomic E-state index is 11.9. The van der Waals surface area contributed by atoms with Gasteiger partial charge in [0.15, 0.2) is 0 Å². The second-order valence-corrected chi connectivity index (χ2v) is 5.87. The van der Waals surface area contributed by atoms with Crippen molar-refractivity contribution in [1.29, 1.82) is 0 Å². The highest BCUT2D eigenvalue weighted by Gasteiger charge is 2.27. The van der Waals surface area contributed by atoms with E-state index in [0.29, 0.717) is 0 Å². The van der Waals surface area contributed by atoms with E-state index in [4.69, 9.17) is 5.73 Å². The highest BCUT2D eigenvalue weighted by atomic mass is 35.5. The molecule has 0 bridgehead atoms. The number of nitrogens with two attached hydrogens (primary N) is 1. The van der Waals surface area contributed by atoms with E-state index in [2.05, 4.69) is 10.3 Å². The summed E-state index contributed by atoms with van der Waals surface area (Å²) in [5, 5.41) is 5.19. The van der Waals surface area contributed by atoms with Crippen molar-refractivity contribution in [1.82, 2.24) is 4.98 Å². The third-order valence-corrected chi connectivity index (χ3v) is 4.25. The molecule has 1 aromatic heterocycles. The number of hydrogen-bond acceptors (Lipinski definition) is 3. The summed E-state index contributed by atoms with van der Waals surface area (Å²) in [5.74, 6) is 0. The summed E-state index contributed by atoms with van der Waals surface area (Å²) in [6, 6.07) is 5.78. The predicted molar refractivity (Wildman–Crippen MR) is 90.2 cm³/mol. The fraction of sp³-hybridized carbons (Fsp3) is 0.438. The minimum absolute atomic E-state index is 0. The van der Waals surface area contributed by atoms with E-state index in [1.807, 2.05) is 25.1 Å². The number of halogens is 1. The fourth-order valence-corrected chi connectivity index (χ4v) is 3.17. The molecule has 0 spiro atoms. The van der Waals surface area contributed by atoms with Crippen molar-refractivity contribution in [2.75, 3.05) is 5.32 Å². The second kappa shape index (κ2) is 6.08. The number of nitrogens with one attached hydrogen (secondary N) is 2. The Bertz CT molecular complexity index is 689. The first kappa shape index (κ1) is 15.9. The molecular formula is C16H22ClN3O. The molecule has 1 heterocycles. The summed E-state index contributed by atoms with van der Waals surface area (Å²) in [6.07, 6.45) is 7.30. The quantitative estimate of drug-likeness (QED) is 0.746. The van der Waals surface area contributed by atoms with E-state index in [1.165, 1.54) is 6.42 Å². The highest BCUT2D eigenvalue weighted by Crippen LogP contribution is 2.31. The van der Waals surface area contributed by atoms with Crippen LogP contribution >= 0.6 is 12.4 Å². The molecule has 1 fully saturated rings. The van der Waals surface area contributed by atoms with Crippen molar-refractivity contribution in [2.45, 2.75) is 44.7 Å². The van der Waals surface area contributed by atoms with E-state index < -0.39 is 0 Å². The number of fused-ring (bicyclic) bond motifs is 1. The lowest BCUT2D eigenvalue weighted by atomic mass is 9.89. The van der Waals surface area contributed by atoms with Gasteiger partial charge in [-0.05, 0) is 50.3 Å². The molecule has 114 valence electrons. The number of aryl methyl sites for hydroxylation is 1. The van der Waals surface area contributed by atoms with Crippen LogP contribution in [0.4, 0.5) is 5.69 Å². The smallest absolute Gasteiger partial charge is 0.255 e. The van der Waals surface area contributed by atoms with E-state index >= 15 is 0 Å². The van der Waals surface area contributed by atoms with Crippen LogP contribution in [-0.2, 0) is 0 Å². The van der Waals surface area contributed by atoms with Gasteiger partial charge in [-0.2, -0.15) is 0 Å². The van der Waals surface area contributed by atoms with E-state index in [9.17, 15) is 4.79 Å². The van der Waals surface area contributed by atoms with Crippen LogP contribution in [0.3, 0.4) is 0 Å². The molecule has 0 atom stereocenters. The molecule has 0 radical (unpaired) electrons. The lowest BCUT2D eigenvalue weighted by molar-refractivity contribution is 0.333. The molecular weight excluding hydrogens is 286 g/mol. The molecule has 0 amide bonds. The monoisotopic (exact) mass is 307 g/mol. The molecule has 1 aromatic carbocycles. The van der Waals surface area contributed by atoms with Crippen LogP contribution in [0.25, 0.3) is 10.8 Å². The minimum Gasteiger partial charge on any atom is -0.367 e. The molecule has 0 unspecified atom stereocenters. The third-order valence-electron chi connectivity index (χ3n) is 4.25. The number of rotatable bonds is 2. The van der Waals surface area contributed by atoms with Gasteiger partial charge in [0.25, 0.3) is 5.56 Å². The van der Waals surface area contributed by atoms with Gasteiger partial charge >= 0.3 is 0 Å². The van der Waals surface area contributed by atoms with Crippen molar-refractivity contribution in [2.24, 2.45) is 5.73 Å². The first-order valence-corrected chi connectivity index (χ1v) is 7.27. The topological polar surface area (TPSA) is 70.9 Å². The van der Waals surface area contributed by atoms with Gasteiger partial charge in [0.05, 0.1) is 5.66 Å². The van der Waals surface area contributed by atoms with Crippen molar-refractivity contribution < 1.29 is 0 Å². The molecule has 4 N–H and O–H groups in total. The van der Waals surface area contributed by atoms with Crippen LogP contribution in [0.2, 0.25) is 0 Å². The first-order chi connectivity index (χ1) is 9.59. The molecule has 0 aliphatic heterocycles. The molecule has 21 heavy (non-hydrogen) atoms. The van der Waals surface area contributed by atoms with E-state index in [1.54, 1.807) is 6.20 Å². The summed E-state index contributed by atoms with van der Waals surface area (Å²) in [5.41, 5.74) is 8.10. The van der Waals surface area contributed by atoms with Gasteiger partial charge in [0.1, 0.15) is 0 Å². The Kier molecular flexibility index (Phi) is 4.59. The van der Waals surface area contributed by atoms with Gasteiger partial charge < -0.3 is 16.0 Å². The Morgan fingerprint density at radius 1 is 1.24 bits per heavy atom.